The van der Waals surface area contributed by atoms with Gasteiger partial charge >= 0.3 is 0 Å². The van der Waals surface area contributed by atoms with Crippen LogP contribution >= 0.6 is 0 Å². The van der Waals surface area contributed by atoms with Crippen molar-refractivity contribution in [3.63, 3.8) is 0 Å². The predicted molar refractivity (Wildman–Crippen MR) is 153 cm³/mol. The van der Waals surface area contributed by atoms with Gasteiger partial charge in [0.25, 0.3) is 0 Å². The van der Waals surface area contributed by atoms with Crippen LogP contribution in [0.5, 0.6) is 0 Å². The van der Waals surface area contributed by atoms with Crippen LogP contribution in [-0.2, 0) is 6.42 Å². The number of hydrogen-bond acceptors (Lipinski definition) is 6. The monoisotopic (exact) mass is 508 g/mol. The largest absolute Gasteiger partial charge is 0.374 e. The van der Waals surface area contributed by atoms with Crippen molar-refractivity contribution in [1.82, 2.24) is 15.2 Å². The summed E-state index contributed by atoms with van der Waals surface area (Å²) < 4.78 is 14.9. The second-order valence-corrected chi connectivity index (χ2v) is 10.4. The van der Waals surface area contributed by atoms with Crippen LogP contribution in [0.1, 0.15) is 75.6 Å². The molecule has 3 aliphatic heterocycles. The van der Waals surface area contributed by atoms with Crippen LogP contribution in [0.3, 0.4) is 0 Å². The third kappa shape index (κ3) is 6.27. The maximum absolute atomic E-state index is 14.9. The molecule has 6 nitrogen and oxygen atoms in total. The molecule has 0 bridgehead atoms. The van der Waals surface area contributed by atoms with E-state index in [9.17, 15) is 4.39 Å². The number of nitrogens with one attached hydrogen (secondary N) is 3. The molecule has 4 heterocycles. The number of nitrogens with zero attached hydrogens (tertiary/aromatic N) is 2. The summed E-state index contributed by atoms with van der Waals surface area (Å²) in [4.78, 5) is 7.14. The molecule has 5 N–H and O–H groups in total. The molecule has 1 spiro atoms. The highest BCUT2D eigenvalue weighted by Gasteiger charge is 2.40. The maximum atomic E-state index is 14.9. The summed E-state index contributed by atoms with van der Waals surface area (Å²) in [7, 11) is 0. The minimum atomic E-state index is -0.114. The summed E-state index contributed by atoms with van der Waals surface area (Å²) in [5.41, 5.74) is 10.9. The van der Waals surface area contributed by atoms with Gasteiger partial charge in [-0.1, -0.05) is 26.8 Å². The number of aryl methyl sites for hydroxylation is 1. The molecule has 2 atom stereocenters. The molecule has 0 radical (unpaired) electrons. The number of halogens is 1. The quantitative estimate of drug-likeness (QED) is 0.351. The molecule has 0 amide bonds. The summed E-state index contributed by atoms with van der Waals surface area (Å²) in [5, 5.41) is 10.6. The van der Waals surface area contributed by atoms with E-state index in [0.29, 0.717) is 11.8 Å². The summed E-state index contributed by atoms with van der Waals surface area (Å²) in [6.07, 6.45) is 10.6. The standard InChI is InChI=1S/C28H39FN6.C2H6/c1-2-20-14-25-22(15-23(20)29)26(35-13-9-28(19-35)8-5-11-31-18-28)16-24(34-25)21-6-7-27(33-17-21)32-12-4-3-10-30;1-2/h6-7,14-17,24,31,34H,2-5,8-13,18-19,30H2,1H3,(H,32,33);1-2H3. The Labute approximate surface area is 222 Å². The highest BCUT2D eigenvalue weighted by Crippen LogP contribution is 2.44. The molecule has 2 saturated heterocycles. The number of benzene rings is 1. The van der Waals surface area contributed by atoms with Crippen molar-refractivity contribution in [1.29, 1.82) is 0 Å². The van der Waals surface area contributed by atoms with Crippen LogP contribution in [0.4, 0.5) is 15.9 Å². The molecule has 2 aromatic rings. The molecule has 3 aliphatic rings. The fourth-order valence-corrected chi connectivity index (χ4v) is 5.83. The van der Waals surface area contributed by atoms with E-state index in [4.69, 9.17) is 5.73 Å². The van der Waals surface area contributed by atoms with E-state index >= 15 is 0 Å². The van der Waals surface area contributed by atoms with Crippen LogP contribution < -0.4 is 21.7 Å². The molecule has 0 aliphatic carbocycles. The highest BCUT2D eigenvalue weighted by molar-refractivity contribution is 5.80. The zero-order chi connectivity index (χ0) is 26.3. The number of rotatable bonds is 8. The van der Waals surface area contributed by atoms with Crippen LogP contribution in [0, 0.1) is 11.2 Å². The molecule has 37 heavy (non-hydrogen) atoms. The summed E-state index contributed by atoms with van der Waals surface area (Å²) in [6.45, 7) is 11.8. The fourth-order valence-electron chi connectivity index (χ4n) is 5.83. The molecule has 7 heteroatoms. The Balaban J connectivity index is 0.00000156. The van der Waals surface area contributed by atoms with Gasteiger partial charge in [0.15, 0.2) is 0 Å². The Hall–Kier alpha value is -2.64. The van der Waals surface area contributed by atoms with Crippen LogP contribution in [0.15, 0.2) is 36.5 Å². The molecule has 202 valence electrons. The fraction of sp³-hybridized carbons (Fsp3) is 0.567. The van der Waals surface area contributed by atoms with Gasteiger partial charge in [-0.2, -0.15) is 0 Å². The molecule has 5 rings (SSSR count). The molecule has 1 aromatic heterocycles. The van der Waals surface area contributed by atoms with Crippen LogP contribution in [0.2, 0.25) is 0 Å². The molecular formula is C30H45FN6. The van der Waals surface area contributed by atoms with Gasteiger partial charge in [-0.3, -0.25) is 0 Å². The van der Waals surface area contributed by atoms with Gasteiger partial charge < -0.3 is 26.6 Å². The van der Waals surface area contributed by atoms with E-state index in [1.807, 2.05) is 39.1 Å². The Morgan fingerprint density at radius 1 is 1.22 bits per heavy atom. The van der Waals surface area contributed by atoms with E-state index in [1.54, 1.807) is 6.07 Å². The number of unbranched alkanes of at least 4 members (excludes halogenated alkanes) is 1. The number of likely N-dealkylation sites (tertiary alicyclic amines) is 1. The van der Waals surface area contributed by atoms with Gasteiger partial charge in [0.1, 0.15) is 11.6 Å². The van der Waals surface area contributed by atoms with Crippen molar-refractivity contribution in [3.8, 4) is 0 Å². The Morgan fingerprint density at radius 2 is 2.08 bits per heavy atom. The van der Waals surface area contributed by atoms with Gasteiger partial charge in [-0.15, -0.1) is 0 Å². The van der Waals surface area contributed by atoms with Crippen LogP contribution in [0.25, 0.3) is 5.70 Å². The van der Waals surface area contributed by atoms with Crippen LogP contribution in [-0.4, -0.2) is 49.2 Å². The van der Waals surface area contributed by atoms with E-state index in [1.165, 1.54) is 19.3 Å². The number of piperidine rings is 1. The summed E-state index contributed by atoms with van der Waals surface area (Å²) in [5.74, 6) is 0.769. The Kier molecular flexibility index (Phi) is 9.43. The smallest absolute Gasteiger partial charge is 0.127 e. The lowest BCUT2D eigenvalue weighted by atomic mass is 9.80. The van der Waals surface area contributed by atoms with Crippen molar-refractivity contribution in [2.75, 3.05) is 49.9 Å². The van der Waals surface area contributed by atoms with Gasteiger partial charge in [0, 0.05) is 54.7 Å². The number of hydrogen-bond donors (Lipinski definition) is 4. The highest BCUT2D eigenvalue weighted by atomic mass is 19.1. The predicted octanol–water partition coefficient (Wildman–Crippen LogP) is 5.54. The number of nitrogens with two attached hydrogens (primary N) is 1. The lowest BCUT2D eigenvalue weighted by molar-refractivity contribution is 0.221. The number of fused-ring (bicyclic) bond motifs is 1. The van der Waals surface area contributed by atoms with Crippen molar-refractivity contribution in [2.24, 2.45) is 11.1 Å². The van der Waals surface area contributed by atoms with Gasteiger partial charge in [0.05, 0.1) is 6.04 Å². The van der Waals surface area contributed by atoms with E-state index < -0.39 is 0 Å². The minimum absolute atomic E-state index is 0.00696. The van der Waals surface area contributed by atoms with Crippen molar-refractivity contribution >= 4 is 17.2 Å². The molecule has 0 saturated carbocycles. The lowest BCUT2D eigenvalue weighted by Gasteiger charge is -2.36. The van der Waals surface area contributed by atoms with Crippen molar-refractivity contribution in [2.45, 2.75) is 65.3 Å². The Bertz CT molecular complexity index is 1040. The Morgan fingerprint density at radius 3 is 2.78 bits per heavy atom. The molecule has 1 aromatic carbocycles. The van der Waals surface area contributed by atoms with Crippen molar-refractivity contribution < 1.29 is 4.39 Å². The second kappa shape index (κ2) is 12.7. The number of aromatic nitrogens is 1. The van der Waals surface area contributed by atoms with E-state index in [-0.39, 0.29) is 11.9 Å². The third-order valence-corrected chi connectivity index (χ3v) is 7.90. The number of anilines is 2. The summed E-state index contributed by atoms with van der Waals surface area (Å²) >= 11 is 0. The summed E-state index contributed by atoms with van der Waals surface area (Å²) in [6, 6.07) is 7.91. The zero-order valence-corrected chi connectivity index (χ0v) is 22.9. The second-order valence-electron chi connectivity index (χ2n) is 10.4. The molecular weight excluding hydrogens is 463 g/mol. The van der Waals surface area contributed by atoms with E-state index in [2.05, 4.69) is 38.0 Å². The maximum Gasteiger partial charge on any atom is 0.127 e. The molecule has 2 fully saturated rings. The first-order valence-electron chi connectivity index (χ1n) is 14.3. The average Bonchev–Trinajstić information content (AvgIpc) is 3.34. The first kappa shape index (κ1) is 27.4. The lowest BCUT2D eigenvalue weighted by Crippen LogP contribution is -2.41. The third-order valence-electron chi connectivity index (χ3n) is 7.90. The van der Waals surface area contributed by atoms with E-state index in [0.717, 1.165) is 86.0 Å². The zero-order valence-electron chi connectivity index (χ0n) is 22.9. The first-order valence-corrected chi connectivity index (χ1v) is 14.3. The minimum Gasteiger partial charge on any atom is -0.374 e. The first-order chi connectivity index (χ1) is 18.1. The number of pyridine rings is 1. The van der Waals surface area contributed by atoms with Gasteiger partial charge in [-0.05, 0) is 87.0 Å². The van der Waals surface area contributed by atoms with Gasteiger partial charge in [-0.25, -0.2) is 9.37 Å². The molecule has 2 unspecified atom stereocenters. The van der Waals surface area contributed by atoms with Gasteiger partial charge in [0.2, 0.25) is 0 Å². The SMILES string of the molecule is CC.CCc1cc2c(cc1F)C(N1CCC3(CCCNC3)C1)=CC(c1ccc(NCCCCN)nc1)N2. The average molecular weight is 509 g/mol. The normalized spacial score (nSPS) is 22.6. The van der Waals surface area contributed by atoms with Crippen molar-refractivity contribution in [3.05, 3.63) is 59.0 Å². The topological polar surface area (TPSA) is 78.2 Å².